The first-order valence-electron chi connectivity index (χ1n) is 5.37. The molecule has 7 heteroatoms. The van der Waals surface area contributed by atoms with Gasteiger partial charge in [0.2, 0.25) is 0 Å². The van der Waals surface area contributed by atoms with Gasteiger partial charge >= 0.3 is 0 Å². The monoisotopic (exact) mass is 282 g/mol. The minimum atomic E-state index is 0.149. The third kappa shape index (κ3) is 2.83. The smallest absolute Gasteiger partial charge is 0.156 e. The van der Waals surface area contributed by atoms with Crippen LogP contribution in [0.5, 0.6) is 0 Å². The van der Waals surface area contributed by atoms with Gasteiger partial charge in [-0.05, 0) is 6.42 Å². The fourth-order valence-electron chi connectivity index (χ4n) is 1.37. The van der Waals surface area contributed by atoms with Crippen LogP contribution in [-0.4, -0.2) is 21.2 Å². The number of aromatic nitrogens is 3. The fourth-order valence-corrected chi connectivity index (χ4v) is 2.35. The number of carbonyl (C=O) groups excluding carboxylic acids is 1. The molecule has 2 aromatic heterocycles. The molecule has 0 aliphatic rings. The van der Waals surface area contributed by atoms with Gasteiger partial charge in [-0.15, -0.1) is 11.3 Å². The summed E-state index contributed by atoms with van der Waals surface area (Å²) in [5.74, 6) is 0.429. The number of nitrogens with zero attached hydrogens (tertiary/aromatic N) is 3. The number of hydrogen-bond donors (Lipinski definition) is 1. The molecule has 94 valence electrons. The summed E-state index contributed by atoms with van der Waals surface area (Å²) in [6.45, 7) is 2.60. The van der Waals surface area contributed by atoms with Gasteiger partial charge in [-0.1, -0.05) is 18.5 Å². The predicted molar refractivity (Wildman–Crippen MR) is 71.2 cm³/mol. The van der Waals surface area contributed by atoms with E-state index in [1.807, 2.05) is 6.20 Å². The Morgan fingerprint density at radius 2 is 2.28 bits per heavy atom. The van der Waals surface area contributed by atoms with Crippen LogP contribution in [0.1, 0.15) is 27.2 Å². The van der Waals surface area contributed by atoms with E-state index >= 15 is 0 Å². The second-order valence-electron chi connectivity index (χ2n) is 3.47. The first-order chi connectivity index (χ1) is 8.74. The highest BCUT2D eigenvalue weighted by molar-refractivity contribution is 7.11. The molecule has 18 heavy (non-hydrogen) atoms. The van der Waals surface area contributed by atoms with Gasteiger partial charge in [0, 0.05) is 11.1 Å². The van der Waals surface area contributed by atoms with E-state index in [0.29, 0.717) is 18.6 Å². The summed E-state index contributed by atoms with van der Waals surface area (Å²) in [5, 5.41) is 4.13. The van der Waals surface area contributed by atoms with E-state index in [9.17, 15) is 4.79 Å². The maximum Gasteiger partial charge on any atom is 0.156 e. The third-order valence-electron chi connectivity index (χ3n) is 2.31. The average molecular weight is 283 g/mol. The van der Waals surface area contributed by atoms with Gasteiger partial charge in [-0.25, -0.2) is 15.0 Å². The number of nitrogens with one attached hydrogen (secondary N) is 1. The Balaban J connectivity index is 2.10. The number of halogens is 1. The quantitative estimate of drug-likeness (QED) is 0.674. The number of aldehydes is 1. The first-order valence-corrected chi connectivity index (χ1v) is 6.57. The molecular weight excluding hydrogens is 272 g/mol. The van der Waals surface area contributed by atoms with Gasteiger partial charge < -0.3 is 5.32 Å². The lowest BCUT2D eigenvalue weighted by molar-refractivity contribution is 0.112. The summed E-state index contributed by atoms with van der Waals surface area (Å²) in [6, 6.07) is 0. The molecule has 2 rings (SSSR count). The Hall–Kier alpha value is -1.53. The molecule has 0 atom stereocenters. The van der Waals surface area contributed by atoms with Gasteiger partial charge in [0.25, 0.3) is 0 Å². The van der Waals surface area contributed by atoms with Crippen molar-refractivity contribution in [2.24, 2.45) is 0 Å². The van der Waals surface area contributed by atoms with Crippen molar-refractivity contribution in [1.29, 1.82) is 0 Å². The fraction of sp³-hybridized carbons (Fsp3) is 0.273. The molecule has 0 fully saturated rings. The van der Waals surface area contributed by atoms with Crippen molar-refractivity contribution in [2.75, 3.05) is 5.32 Å². The highest BCUT2D eigenvalue weighted by atomic mass is 35.5. The first kappa shape index (κ1) is 12.9. The van der Waals surface area contributed by atoms with E-state index in [4.69, 9.17) is 11.6 Å². The molecule has 0 spiro atoms. The number of aryl methyl sites for hydroxylation is 1. The van der Waals surface area contributed by atoms with Crippen LogP contribution in [-0.2, 0) is 13.0 Å². The molecule has 0 saturated carbocycles. The molecule has 2 aromatic rings. The van der Waals surface area contributed by atoms with E-state index < -0.39 is 0 Å². The highest BCUT2D eigenvalue weighted by Gasteiger charge is 2.09. The Morgan fingerprint density at radius 1 is 1.44 bits per heavy atom. The lowest BCUT2D eigenvalue weighted by atomic mass is 10.3. The van der Waals surface area contributed by atoms with Gasteiger partial charge in [0.1, 0.15) is 22.3 Å². The van der Waals surface area contributed by atoms with Crippen molar-refractivity contribution in [3.05, 3.63) is 33.1 Å². The van der Waals surface area contributed by atoms with Crippen molar-refractivity contribution in [2.45, 2.75) is 19.9 Å². The van der Waals surface area contributed by atoms with E-state index in [-0.39, 0.29) is 10.7 Å². The van der Waals surface area contributed by atoms with Crippen LogP contribution in [0, 0.1) is 0 Å². The number of rotatable bonds is 5. The van der Waals surface area contributed by atoms with Crippen LogP contribution in [0.4, 0.5) is 5.82 Å². The van der Waals surface area contributed by atoms with Crippen molar-refractivity contribution in [3.8, 4) is 0 Å². The van der Waals surface area contributed by atoms with E-state index in [1.54, 1.807) is 11.3 Å². The SMILES string of the molecule is CCc1cnc(CNc2ncnc(Cl)c2C=O)s1. The van der Waals surface area contributed by atoms with Gasteiger partial charge in [0.05, 0.1) is 12.1 Å². The lowest BCUT2D eigenvalue weighted by Gasteiger charge is -2.05. The summed E-state index contributed by atoms with van der Waals surface area (Å²) < 4.78 is 0. The zero-order valence-electron chi connectivity index (χ0n) is 9.68. The lowest BCUT2D eigenvalue weighted by Crippen LogP contribution is -2.05. The van der Waals surface area contributed by atoms with Crippen LogP contribution in [0.15, 0.2) is 12.5 Å². The zero-order chi connectivity index (χ0) is 13.0. The second-order valence-corrected chi connectivity index (χ2v) is 5.03. The van der Waals surface area contributed by atoms with Gasteiger partial charge in [-0.2, -0.15) is 0 Å². The van der Waals surface area contributed by atoms with Crippen LogP contribution < -0.4 is 5.32 Å². The van der Waals surface area contributed by atoms with E-state index in [1.165, 1.54) is 11.2 Å². The molecule has 0 amide bonds. The molecule has 2 heterocycles. The number of anilines is 1. The Morgan fingerprint density at radius 3 is 2.94 bits per heavy atom. The van der Waals surface area contributed by atoms with E-state index in [2.05, 4.69) is 27.2 Å². The van der Waals surface area contributed by atoms with Crippen LogP contribution >= 0.6 is 22.9 Å². The van der Waals surface area contributed by atoms with Crippen molar-refractivity contribution < 1.29 is 4.79 Å². The number of carbonyl (C=O) groups is 1. The largest absolute Gasteiger partial charge is 0.363 e. The number of thiazole rings is 1. The minimum absolute atomic E-state index is 0.149. The zero-order valence-corrected chi connectivity index (χ0v) is 11.3. The summed E-state index contributed by atoms with van der Waals surface area (Å²) in [4.78, 5) is 24.1. The maximum absolute atomic E-state index is 10.9. The molecule has 0 saturated heterocycles. The Labute approximate surface area is 113 Å². The van der Waals surface area contributed by atoms with Crippen LogP contribution in [0.2, 0.25) is 5.15 Å². The van der Waals surface area contributed by atoms with Crippen LogP contribution in [0.3, 0.4) is 0 Å². The molecule has 0 aliphatic heterocycles. The summed E-state index contributed by atoms with van der Waals surface area (Å²) in [6.07, 6.45) is 4.78. The van der Waals surface area contributed by atoms with Crippen molar-refractivity contribution in [3.63, 3.8) is 0 Å². The average Bonchev–Trinajstić information content (AvgIpc) is 2.84. The normalized spacial score (nSPS) is 10.3. The van der Waals surface area contributed by atoms with Gasteiger partial charge in [-0.3, -0.25) is 4.79 Å². The highest BCUT2D eigenvalue weighted by Crippen LogP contribution is 2.19. The number of hydrogen-bond acceptors (Lipinski definition) is 6. The standard InChI is InChI=1S/C11H11ClN4OS/c1-2-7-3-13-9(18-7)4-14-11-8(5-17)10(12)15-6-16-11/h3,5-6H,2,4H2,1H3,(H,14,15,16). The Kier molecular flexibility index (Phi) is 4.22. The minimum Gasteiger partial charge on any atom is -0.363 e. The molecule has 0 aromatic carbocycles. The molecule has 0 unspecified atom stereocenters. The molecular formula is C11H11ClN4OS. The van der Waals surface area contributed by atoms with Crippen LogP contribution in [0.25, 0.3) is 0 Å². The second kappa shape index (κ2) is 5.88. The molecule has 0 aliphatic carbocycles. The van der Waals surface area contributed by atoms with Gasteiger partial charge in [0.15, 0.2) is 6.29 Å². The van der Waals surface area contributed by atoms with E-state index in [0.717, 1.165) is 11.4 Å². The maximum atomic E-state index is 10.9. The summed E-state index contributed by atoms with van der Waals surface area (Å²) in [7, 11) is 0. The molecule has 1 N–H and O–H groups in total. The Bertz CT molecular complexity index is 558. The summed E-state index contributed by atoms with van der Waals surface area (Å²) in [5.41, 5.74) is 0.270. The molecule has 0 bridgehead atoms. The third-order valence-corrected chi connectivity index (χ3v) is 3.75. The summed E-state index contributed by atoms with van der Waals surface area (Å²) >= 11 is 7.43. The molecule has 0 radical (unpaired) electrons. The van der Waals surface area contributed by atoms with Crippen molar-refractivity contribution >= 4 is 35.0 Å². The topological polar surface area (TPSA) is 67.8 Å². The van der Waals surface area contributed by atoms with Crippen molar-refractivity contribution in [1.82, 2.24) is 15.0 Å². The predicted octanol–water partition coefficient (Wildman–Crippen LogP) is 2.57. The molecule has 5 nitrogen and oxygen atoms in total.